The fourth-order valence-electron chi connectivity index (χ4n) is 2.11. The molecule has 0 aliphatic carbocycles. The number of para-hydroxylation sites is 1. The Morgan fingerprint density at radius 2 is 1.83 bits per heavy atom. The lowest BCUT2D eigenvalue weighted by Crippen LogP contribution is -2.00. The van der Waals surface area contributed by atoms with Crippen LogP contribution in [0.2, 0.25) is 0 Å². The molecule has 18 heavy (non-hydrogen) atoms. The number of alkyl halides is 1. The molecular formula is C15H14BrNS. The maximum Gasteiger partial charge on any atom is 0.0529 e. The fourth-order valence-corrected chi connectivity index (χ4v) is 3.36. The Morgan fingerprint density at radius 3 is 2.72 bits per heavy atom. The van der Waals surface area contributed by atoms with E-state index >= 15 is 0 Å². The van der Waals surface area contributed by atoms with Crippen LogP contribution in [-0.4, -0.2) is 5.33 Å². The van der Waals surface area contributed by atoms with Gasteiger partial charge < -0.3 is 5.32 Å². The van der Waals surface area contributed by atoms with E-state index in [2.05, 4.69) is 63.7 Å². The topological polar surface area (TPSA) is 12.0 Å². The van der Waals surface area contributed by atoms with Crippen LogP contribution in [0.5, 0.6) is 0 Å². The summed E-state index contributed by atoms with van der Waals surface area (Å²) in [5.74, 6) is 0. The van der Waals surface area contributed by atoms with Crippen molar-refractivity contribution >= 4 is 39.1 Å². The van der Waals surface area contributed by atoms with Gasteiger partial charge in [0.2, 0.25) is 0 Å². The highest BCUT2D eigenvalue weighted by Gasteiger charge is 2.14. The molecule has 0 aromatic heterocycles. The maximum atomic E-state index is 3.52. The molecule has 0 radical (unpaired) electrons. The number of anilines is 2. The van der Waals surface area contributed by atoms with Gasteiger partial charge in [0.1, 0.15) is 0 Å². The molecule has 1 aliphatic heterocycles. The molecule has 3 rings (SSSR count). The monoisotopic (exact) mass is 319 g/mol. The van der Waals surface area contributed by atoms with E-state index in [0.29, 0.717) is 0 Å². The Balaban J connectivity index is 1.89. The van der Waals surface area contributed by atoms with Crippen LogP contribution in [0.4, 0.5) is 11.4 Å². The van der Waals surface area contributed by atoms with Crippen molar-refractivity contribution in [2.75, 3.05) is 10.6 Å². The van der Waals surface area contributed by atoms with Crippen LogP contribution >= 0.6 is 27.7 Å². The summed E-state index contributed by atoms with van der Waals surface area (Å²) in [6, 6.07) is 15.2. The van der Waals surface area contributed by atoms with Crippen LogP contribution < -0.4 is 5.32 Å². The van der Waals surface area contributed by atoms with Gasteiger partial charge in [0.05, 0.1) is 11.4 Å². The molecule has 92 valence electrons. The second kappa shape index (κ2) is 5.37. The van der Waals surface area contributed by atoms with Crippen molar-refractivity contribution in [1.82, 2.24) is 0 Å². The molecule has 1 heterocycles. The summed E-state index contributed by atoms with van der Waals surface area (Å²) in [5.41, 5.74) is 3.86. The minimum Gasteiger partial charge on any atom is -0.354 e. The Bertz CT molecular complexity index is 568. The second-order valence-electron chi connectivity index (χ2n) is 4.35. The number of fused-ring (bicyclic) bond motifs is 2. The first-order valence-corrected chi connectivity index (χ1v) is 8.03. The molecule has 0 unspecified atom stereocenters. The average Bonchev–Trinajstić information content (AvgIpc) is 2.42. The van der Waals surface area contributed by atoms with Gasteiger partial charge in [-0.2, -0.15) is 0 Å². The highest BCUT2D eigenvalue weighted by molar-refractivity contribution is 9.09. The summed E-state index contributed by atoms with van der Waals surface area (Å²) >= 11 is 5.33. The SMILES string of the molecule is BrCCCc1ccc2c(c1)Nc1ccccc1S2. The standard InChI is InChI=1S/C15H14BrNS/c16-9-3-4-11-7-8-15-13(10-11)17-12-5-1-2-6-14(12)18-15/h1-2,5-8,10,17H,3-4,9H2. The molecule has 0 fully saturated rings. The first kappa shape index (κ1) is 12.1. The Labute approximate surface area is 120 Å². The third-order valence-electron chi connectivity index (χ3n) is 3.02. The van der Waals surface area contributed by atoms with Gasteiger partial charge in [-0.25, -0.2) is 0 Å². The predicted molar refractivity (Wildman–Crippen MR) is 82.4 cm³/mol. The lowest BCUT2D eigenvalue weighted by atomic mass is 10.1. The molecule has 0 atom stereocenters. The average molecular weight is 320 g/mol. The van der Waals surface area contributed by atoms with E-state index in [1.807, 2.05) is 11.8 Å². The quantitative estimate of drug-likeness (QED) is 0.664. The highest BCUT2D eigenvalue weighted by Crippen LogP contribution is 2.44. The van der Waals surface area contributed by atoms with Crippen molar-refractivity contribution in [3.8, 4) is 0 Å². The number of benzene rings is 2. The van der Waals surface area contributed by atoms with Gasteiger partial charge in [0, 0.05) is 15.1 Å². The zero-order valence-corrected chi connectivity index (χ0v) is 12.4. The van der Waals surface area contributed by atoms with Gasteiger partial charge in [-0.15, -0.1) is 0 Å². The van der Waals surface area contributed by atoms with Crippen molar-refractivity contribution in [2.45, 2.75) is 22.6 Å². The third-order valence-corrected chi connectivity index (χ3v) is 4.73. The van der Waals surface area contributed by atoms with E-state index in [4.69, 9.17) is 0 Å². The summed E-state index contributed by atoms with van der Waals surface area (Å²) < 4.78 is 0. The molecule has 2 aromatic rings. The molecule has 1 aliphatic rings. The number of aryl methyl sites for hydroxylation is 1. The zero-order valence-electron chi connectivity index (χ0n) is 9.95. The van der Waals surface area contributed by atoms with E-state index in [0.717, 1.165) is 11.8 Å². The Kier molecular flexibility index (Phi) is 3.62. The van der Waals surface area contributed by atoms with Gasteiger partial charge in [0.15, 0.2) is 0 Å². The minimum absolute atomic E-state index is 1.06. The Morgan fingerprint density at radius 1 is 1.00 bits per heavy atom. The van der Waals surface area contributed by atoms with Crippen LogP contribution in [0, 0.1) is 0 Å². The zero-order chi connectivity index (χ0) is 12.4. The van der Waals surface area contributed by atoms with Crippen LogP contribution in [0.25, 0.3) is 0 Å². The van der Waals surface area contributed by atoms with Crippen molar-refractivity contribution in [1.29, 1.82) is 0 Å². The van der Waals surface area contributed by atoms with Crippen LogP contribution in [0.3, 0.4) is 0 Å². The van der Waals surface area contributed by atoms with Crippen LogP contribution in [0.1, 0.15) is 12.0 Å². The third kappa shape index (κ3) is 2.43. The van der Waals surface area contributed by atoms with Gasteiger partial charge >= 0.3 is 0 Å². The van der Waals surface area contributed by atoms with E-state index < -0.39 is 0 Å². The van der Waals surface area contributed by atoms with Gasteiger partial charge in [-0.1, -0.05) is 45.9 Å². The van der Waals surface area contributed by atoms with E-state index in [9.17, 15) is 0 Å². The summed E-state index contributed by atoms with van der Waals surface area (Å²) in [4.78, 5) is 2.62. The number of halogens is 1. The van der Waals surface area contributed by atoms with Crippen LogP contribution in [0.15, 0.2) is 52.3 Å². The normalized spacial score (nSPS) is 12.5. The Hall–Kier alpha value is -0.930. The molecule has 0 bridgehead atoms. The van der Waals surface area contributed by atoms with Crippen molar-refractivity contribution < 1.29 is 0 Å². The number of nitrogens with one attached hydrogen (secondary N) is 1. The smallest absolute Gasteiger partial charge is 0.0529 e. The van der Waals surface area contributed by atoms with Crippen LogP contribution in [-0.2, 0) is 6.42 Å². The second-order valence-corrected chi connectivity index (χ2v) is 6.22. The molecule has 3 heteroatoms. The molecule has 1 nitrogen and oxygen atoms in total. The summed E-state index contributed by atoms with van der Waals surface area (Å²) in [5, 5.41) is 4.59. The van der Waals surface area contributed by atoms with Gasteiger partial charge in [0.25, 0.3) is 0 Å². The van der Waals surface area contributed by atoms with Gasteiger partial charge in [-0.3, -0.25) is 0 Å². The molecule has 0 amide bonds. The number of rotatable bonds is 3. The summed E-state index contributed by atoms with van der Waals surface area (Å²) in [6.45, 7) is 0. The molecule has 0 spiro atoms. The number of hydrogen-bond donors (Lipinski definition) is 1. The van der Waals surface area contributed by atoms with E-state index in [1.54, 1.807) is 0 Å². The minimum atomic E-state index is 1.06. The molecule has 0 saturated heterocycles. The number of hydrogen-bond acceptors (Lipinski definition) is 2. The molecule has 1 N–H and O–H groups in total. The van der Waals surface area contributed by atoms with Crippen molar-refractivity contribution in [2.24, 2.45) is 0 Å². The molecule has 2 aromatic carbocycles. The van der Waals surface area contributed by atoms with Crippen molar-refractivity contribution in [3.63, 3.8) is 0 Å². The maximum absolute atomic E-state index is 3.52. The highest BCUT2D eigenvalue weighted by atomic mass is 79.9. The lowest BCUT2D eigenvalue weighted by Gasteiger charge is -2.21. The van der Waals surface area contributed by atoms with E-state index in [-0.39, 0.29) is 0 Å². The lowest BCUT2D eigenvalue weighted by molar-refractivity contribution is 0.938. The summed E-state index contributed by atoms with van der Waals surface area (Å²) in [6.07, 6.45) is 2.31. The summed E-state index contributed by atoms with van der Waals surface area (Å²) in [7, 11) is 0. The predicted octanol–water partition coefficient (Wildman–Crippen LogP) is 5.22. The molecular weight excluding hydrogens is 306 g/mol. The largest absolute Gasteiger partial charge is 0.354 e. The van der Waals surface area contributed by atoms with E-state index in [1.165, 1.54) is 33.2 Å². The van der Waals surface area contributed by atoms with Gasteiger partial charge in [-0.05, 0) is 42.7 Å². The first-order chi connectivity index (χ1) is 8.86. The molecule has 0 saturated carbocycles. The fraction of sp³-hybridized carbons (Fsp3) is 0.200. The first-order valence-electron chi connectivity index (χ1n) is 6.09. The van der Waals surface area contributed by atoms with Crippen molar-refractivity contribution in [3.05, 3.63) is 48.0 Å².